The van der Waals surface area contributed by atoms with Crippen molar-refractivity contribution in [1.29, 1.82) is 0 Å². The Balaban J connectivity index is 1.65. The van der Waals surface area contributed by atoms with E-state index >= 15 is 0 Å². The summed E-state index contributed by atoms with van der Waals surface area (Å²) in [6.07, 6.45) is 2.22. The van der Waals surface area contributed by atoms with Crippen LogP contribution in [0, 0.1) is 6.92 Å². The second kappa shape index (κ2) is 8.26. The van der Waals surface area contributed by atoms with E-state index in [1.54, 1.807) is 12.3 Å². The Morgan fingerprint density at radius 3 is 3.00 bits per heavy atom. The normalized spacial score (nSPS) is 10.8. The minimum absolute atomic E-state index is 0.340. The molecular weight excluding hydrogens is 304 g/mol. The number of rotatable bonds is 8. The van der Waals surface area contributed by atoms with Crippen molar-refractivity contribution in [3.8, 4) is 0 Å². The second-order valence-corrected chi connectivity index (χ2v) is 6.95. The Bertz CT molecular complexity index is 578. The van der Waals surface area contributed by atoms with Crippen LogP contribution < -0.4 is 5.32 Å². The van der Waals surface area contributed by atoms with Crippen molar-refractivity contribution in [3.63, 3.8) is 0 Å². The average molecular weight is 324 g/mol. The molecule has 21 heavy (non-hydrogen) atoms. The fourth-order valence-corrected chi connectivity index (χ4v) is 3.56. The predicted molar refractivity (Wildman–Crippen MR) is 87.2 cm³/mol. The Morgan fingerprint density at radius 2 is 2.29 bits per heavy atom. The van der Waals surface area contributed by atoms with Crippen LogP contribution in [0.4, 0.5) is 0 Å². The smallest absolute Gasteiger partial charge is 0.357 e. The minimum Gasteiger partial charge on any atom is -0.461 e. The number of hydrogen-bond acceptors (Lipinski definition) is 6. The highest BCUT2D eigenvalue weighted by Crippen LogP contribution is 2.16. The van der Waals surface area contributed by atoms with Crippen LogP contribution in [0.5, 0.6) is 0 Å². The number of aromatic nitrogens is 1. The maximum atomic E-state index is 11.5. The van der Waals surface area contributed by atoms with Crippen LogP contribution in [0.15, 0.2) is 17.5 Å². The average Bonchev–Trinajstić information content (AvgIpc) is 3.08. The number of carbonyl (C=O) groups is 1. The van der Waals surface area contributed by atoms with Crippen LogP contribution in [0.3, 0.4) is 0 Å². The number of ether oxygens (including phenoxy) is 1. The third kappa shape index (κ3) is 5.22. The van der Waals surface area contributed by atoms with E-state index in [2.05, 4.69) is 29.4 Å². The number of aryl methyl sites for hydroxylation is 2. The summed E-state index contributed by atoms with van der Waals surface area (Å²) >= 11 is 3.35. The van der Waals surface area contributed by atoms with E-state index in [1.807, 2.05) is 11.3 Å². The van der Waals surface area contributed by atoms with Gasteiger partial charge in [0.1, 0.15) is 5.01 Å². The number of thiazole rings is 1. The lowest BCUT2D eigenvalue weighted by atomic mass is 10.2. The highest BCUT2D eigenvalue weighted by molar-refractivity contribution is 7.11. The number of nitrogens with one attached hydrogen (secondary N) is 1. The summed E-state index contributed by atoms with van der Waals surface area (Å²) in [5.74, 6) is -0.340. The molecular formula is C15H20N2O2S2. The number of carbonyl (C=O) groups excluding carboxylic acids is 1. The molecule has 0 bridgehead atoms. The molecule has 0 amide bonds. The third-order valence-electron chi connectivity index (χ3n) is 2.89. The van der Waals surface area contributed by atoms with E-state index in [0.29, 0.717) is 18.8 Å². The van der Waals surface area contributed by atoms with Crippen molar-refractivity contribution in [1.82, 2.24) is 10.3 Å². The number of hydrogen-bond donors (Lipinski definition) is 1. The Kier molecular flexibility index (Phi) is 6.35. The quantitative estimate of drug-likeness (QED) is 0.597. The predicted octanol–water partition coefficient (Wildman–Crippen LogP) is 3.41. The SMILES string of the molecule is CCOC(=O)c1csc(CNCCCc2ccc(C)s2)n1. The Hall–Kier alpha value is -1.24. The second-order valence-electron chi connectivity index (χ2n) is 4.64. The van der Waals surface area contributed by atoms with E-state index in [1.165, 1.54) is 21.1 Å². The number of thiophene rings is 1. The molecule has 1 N–H and O–H groups in total. The summed E-state index contributed by atoms with van der Waals surface area (Å²) in [7, 11) is 0. The molecule has 4 nitrogen and oxygen atoms in total. The van der Waals surface area contributed by atoms with Crippen molar-refractivity contribution in [3.05, 3.63) is 38.0 Å². The van der Waals surface area contributed by atoms with Crippen LogP contribution in [-0.4, -0.2) is 24.1 Å². The number of esters is 1. The van der Waals surface area contributed by atoms with Gasteiger partial charge in [0.25, 0.3) is 0 Å². The van der Waals surface area contributed by atoms with E-state index in [9.17, 15) is 4.79 Å². The summed E-state index contributed by atoms with van der Waals surface area (Å²) in [5, 5.41) is 6.04. The molecule has 0 unspecified atom stereocenters. The maximum Gasteiger partial charge on any atom is 0.357 e. The largest absolute Gasteiger partial charge is 0.461 e. The molecule has 0 aliphatic rings. The summed E-state index contributed by atoms with van der Waals surface area (Å²) in [5.41, 5.74) is 0.410. The van der Waals surface area contributed by atoms with Gasteiger partial charge < -0.3 is 10.1 Å². The molecule has 0 aromatic carbocycles. The highest BCUT2D eigenvalue weighted by Gasteiger charge is 2.10. The number of nitrogens with zero attached hydrogens (tertiary/aromatic N) is 1. The van der Waals surface area contributed by atoms with Gasteiger partial charge in [-0.1, -0.05) is 0 Å². The standard InChI is InChI=1S/C15H20N2O2S2/c1-3-19-15(18)13-10-20-14(17-13)9-16-8-4-5-12-7-6-11(2)21-12/h6-7,10,16H,3-5,8-9H2,1-2H3. The lowest BCUT2D eigenvalue weighted by molar-refractivity contribution is 0.0520. The van der Waals surface area contributed by atoms with Crippen molar-refractivity contribution in [2.75, 3.05) is 13.2 Å². The molecule has 0 aliphatic heterocycles. The van der Waals surface area contributed by atoms with Gasteiger partial charge in [-0.05, 0) is 45.4 Å². The molecule has 0 spiro atoms. The van der Waals surface area contributed by atoms with Crippen LogP contribution in [-0.2, 0) is 17.7 Å². The van der Waals surface area contributed by atoms with Crippen molar-refractivity contribution in [2.24, 2.45) is 0 Å². The lowest BCUT2D eigenvalue weighted by Crippen LogP contribution is -2.15. The van der Waals surface area contributed by atoms with Crippen LogP contribution in [0.2, 0.25) is 0 Å². The molecule has 0 fully saturated rings. The molecule has 2 rings (SSSR count). The Morgan fingerprint density at radius 1 is 1.43 bits per heavy atom. The van der Waals surface area contributed by atoms with Gasteiger partial charge in [-0.2, -0.15) is 0 Å². The van der Waals surface area contributed by atoms with E-state index in [0.717, 1.165) is 24.4 Å². The zero-order chi connectivity index (χ0) is 15.1. The fraction of sp³-hybridized carbons (Fsp3) is 0.467. The van der Waals surface area contributed by atoms with Gasteiger partial charge in [-0.25, -0.2) is 9.78 Å². The van der Waals surface area contributed by atoms with Gasteiger partial charge >= 0.3 is 5.97 Å². The molecule has 0 radical (unpaired) electrons. The van der Waals surface area contributed by atoms with Gasteiger partial charge in [0.05, 0.1) is 6.61 Å². The molecule has 2 aromatic heterocycles. The summed E-state index contributed by atoms with van der Waals surface area (Å²) < 4.78 is 4.92. The first kappa shape index (κ1) is 16.1. The fourth-order valence-electron chi connectivity index (χ4n) is 1.89. The van der Waals surface area contributed by atoms with E-state index in [4.69, 9.17) is 4.74 Å². The van der Waals surface area contributed by atoms with E-state index in [-0.39, 0.29) is 5.97 Å². The first-order valence-electron chi connectivity index (χ1n) is 7.06. The molecule has 0 saturated carbocycles. The highest BCUT2D eigenvalue weighted by atomic mass is 32.1. The minimum atomic E-state index is -0.340. The van der Waals surface area contributed by atoms with Gasteiger partial charge in [-0.15, -0.1) is 22.7 Å². The lowest BCUT2D eigenvalue weighted by Gasteiger charge is -2.01. The van der Waals surface area contributed by atoms with Crippen molar-refractivity contribution < 1.29 is 9.53 Å². The van der Waals surface area contributed by atoms with Gasteiger partial charge in [0.15, 0.2) is 5.69 Å². The summed E-state index contributed by atoms with van der Waals surface area (Å²) in [6.45, 7) is 5.96. The molecule has 2 aromatic rings. The molecule has 0 saturated heterocycles. The zero-order valence-corrected chi connectivity index (χ0v) is 14.0. The Labute approximate surface area is 133 Å². The molecule has 0 atom stereocenters. The van der Waals surface area contributed by atoms with Crippen LogP contribution in [0.1, 0.15) is 38.6 Å². The molecule has 2 heterocycles. The monoisotopic (exact) mass is 324 g/mol. The van der Waals surface area contributed by atoms with Crippen molar-refractivity contribution in [2.45, 2.75) is 33.2 Å². The summed E-state index contributed by atoms with van der Waals surface area (Å²) in [4.78, 5) is 18.6. The molecule has 114 valence electrons. The first-order chi connectivity index (χ1) is 10.2. The van der Waals surface area contributed by atoms with Gasteiger partial charge in [-0.3, -0.25) is 0 Å². The van der Waals surface area contributed by atoms with Crippen molar-refractivity contribution >= 4 is 28.6 Å². The van der Waals surface area contributed by atoms with Crippen LogP contribution in [0.25, 0.3) is 0 Å². The van der Waals surface area contributed by atoms with Gasteiger partial charge in [0.2, 0.25) is 0 Å². The van der Waals surface area contributed by atoms with Gasteiger partial charge in [0, 0.05) is 21.7 Å². The van der Waals surface area contributed by atoms with Crippen LogP contribution >= 0.6 is 22.7 Å². The maximum absolute atomic E-state index is 11.5. The third-order valence-corrected chi connectivity index (χ3v) is 4.79. The zero-order valence-electron chi connectivity index (χ0n) is 12.3. The molecule has 0 aliphatic carbocycles. The van der Waals surface area contributed by atoms with E-state index < -0.39 is 0 Å². The molecule has 6 heteroatoms. The summed E-state index contributed by atoms with van der Waals surface area (Å²) in [6, 6.07) is 4.37. The first-order valence-corrected chi connectivity index (χ1v) is 8.76. The topological polar surface area (TPSA) is 51.2 Å².